The van der Waals surface area contributed by atoms with Crippen molar-refractivity contribution in [2.75, 3.05) is 13.2 Å². The minimum Gasteiger partial charge on any atom is -0.492 e. The number of hydrogen-bond acceptors (Lipinski definition) is 6. The first kappa shape index (κ1) is 16.3. The van der Waals surface area contributed by atoms with Crippen LogP contribution in [0, 0.1) is 12.8 Å². The number of rotatable bonds is 4. The second-order valence-corrected chi connectivity index (χ2v) is 6.42. The molecule has 0 spiro atoms. The largest absolute Gasteiger partial charge is 0.492 e. The molecule has 0 fully saturated rings. The Morgan fingerprint density at radius 1 is 1.35 bits per heavy atom. The van der Waals surface area contributed by atoms with Crippen LogP contribution in [0.15, 0.2) is 47.6 Å². The van der Waals surface area contributed by atoms with Gasteiger partial charge in [-0.15, -0.1) is 0 Å². The van der Waals surface area contributed by atoms with Gasteiger partial charge in [0, 0.05) is 37.5 Å². The van der Waals surface area contributed by atoms with E-state index >= 15 is 0 Å². The number of aryl methyl sites for hydroxylation is 1. The van der Waals surface area contributed by atoms with E-state index in [-0.39, 0.29) is 17.6 Å². The van der Waals surface area contributed by atoms with Gasteiger partial charge in [-0.05, 0) is 19.1 Å². The molecule has 0 saturated heterocycles. The molecule has 1 amide bonds. The summed E-state index contributed by atoms with van der Waals surface area (Å²) in [5.41, 5.74) is 1.67. The Balaban J connectivity index is 1.52. The first-order valence-corrected chi connectivity index (χ1v) is 8.43. The third kappa shape index (κ3) is 3.44. The molecule has 0 N–H and O–H groups in total. The van der Waals surface area contributed by atoms with Gasteiger partial charge in [-0.1, -0.05) is 5.16 Å². The SMILES string of the molecule is Cc1cc(C(=O)N2Cc3cncn3CC(COc3cccnc3)C2)on1. The molecule has 4 rings (SSSR count). The van der Waals surface area contributed by atoms with Gasteiger partial charge in [0.05, 0.1) is 37.1 Å². The van der Waals surface area contributed by atoms with E-state index in [0.717, 1.165) is 12.2 Å². The molecule has 8 heteroatoms. The number of pyridine rings is 1. The van der Waals surface area contributed by atoms with Crippen LogP contribution in [0.1, 0.15) is 21.9 Å². The zero-order valence-electron chi connectivity index (χ0n) is 14.4. The second kappa shape index (κ2) is 6.99. The zero-order valence-corrected chi connectivity index (χ0v) is 14.4. The molecule has 3 aromatic rings. The normalized spacial score (nSPS) is 16.8. The smallest absolute Gasteiger partial charge is 0.292 e. The summed E-state index contributed by atoms with van der Waals surface area (Å²) in [4.78, 5) is 22.9. The molecule has 0 bridgehead atoms. The van der Waals surface area contributed by atoms with Crippen molar-refractivity contribution in [1.29, 1.82) is 0 Å². The van der Waals surface area contributed by atoms with Crippen LogP contribution >= 0.6 is 0 Å². The molecular weight excluding hydrogens is 334 g/mol. The quantitative estimate of drug-likeness (QED) is 0.712. The van der Waals surface area contributed by atoms with Crippen molar-refractivity contribution >= 4 is 5.91 Å². The predicted octanol–water partition coefficient (Wildman–Crippen LogP) is 1.93. The average molecular weight is 353 g/mol. The second-order valence-electron chi connectivity index (χ2n) is 6.42. The Morgan fingerprint density at radius 2 is 2.27 bits per heavy atom. The molecule has 1 aliphatic heterocycles. The third-order valence-electron chi connectivity index (χ3n) is 4.33. The number of carbonyl (C=O) groups is 1. The van der Waals surface area contributed by atoms with Gasteiger partial charge in [-0.3, -0.25) is 9.78 Å². The van der Waals surface area contributed by atoms with Crippen LogP contribution in [0.25, 0.3) is 0 Å². The van der Waals surface area contributed by atoms with Crippen molar-refractivity contribution in [2.24, 2.45) is 5.92 Å². The molecule has 0 saturated carbocycles. The van der Waals surface area contributed by atoms with Crippen molar-refractivity contribution in [2.45, 2.75) is 20.0 Å². The number of ether oxygens (including phenoxy) is 1. The fraction of sp³-hybridized carbons (Fsp3) is 0.333. The van der Waals surface area contributed by atoms with Crippen molar-refractivity contribution < 1.29 is 14.1 Å². The minimum atomic E-state index is -0.174. The summed E-state index contributed by atoms with van der Waals surface area (Å²) in [5, 5.41) is 3.81. The molecule has 1 unspecified atom stereocenters. The van der Waals surface area contributed by atoms with Crippen LogP contribution in [0.5, 0.6) is 5.75 Å². The number of imidazole rings is 1. The standard InChI is InChI=1S/C18H19N5O3/c1-13-5-17(26-21-13)18(24)22-8-14(9-23-12-20-6-15(23)10-22)11-25-16-3-2-4-19-7-16/h2-7,12,14H,8-11H2,1H3. The van der Waals surface area contributed by atoms with E-state index in [1.54, 1.807) is 42.8 Å². The summed E-state index contributed by atoms with van der Waals surface area (Å²) in [6.07, 6.45) is 6.96. The van der Waals surface area contributed by atoms with E-state index in [1.807, 2.05) is 12.1 Å². The van der Waals surface area contributed by atoms with E-state index in [1.165, 1.54) is 0 Å². The summed E-state index contributed by atoms with van der Waals surface area (Å²) in [5.74, 6) is 0.902. The number of aromatic nitrogens is 4. The van der Waals surface area contributed by atoms with Crippen molar-refractivity contribution in [3.8, 4) is 5.75 Å². The monoisotopic (exact) mass is 353 g/mol. The summed E-state index contributed by atoms with van der Waals surface area (Å²) in [7, 11) is 0. The number of hydrogen-bond donors (Lipinski definition) is 0. The van der Waals surface area contributed by atoms with E-state index in [2.05, 4.69) is 19.7 Å². The molecule has 0 aliphatic carbocycles. The average Bonchev–Trinajstić information content (AvgIpc) is 3.24. The Kier molecular flexibility index (Phi) is 4.39. The van der Waals surface area contributed by atoms with Crippen LogP contribution in [-0.2, 0) is 13.1 Å². The summed E-state index contributed by atoms with van der Waals surface area (Å²) >= 11 is 0. The van der Waals surface area contributed by atoms with Gasteiger partial charge in [-0.2, -0.15) is 0 Å². The summed E-state index contributed by atoms with van der Waals surface area (Å²) < 4.78 is 13.1. The maximum Gasteiger partial charge on any atom is 0.292 e. The number of amides is 1. The highest BCUT2D eigenvalue weighted by Crippen LogP contribution is 2.20. The summed E-state index contributed by atoms with van der Waals surface area (Å²) in [6.45, 7) is 4.03. The number of nitrogens with zero attached hydrogens (tertiary/aromatic N) is 5. The maximum atomic E-state index is 12.8. The number of fused-ring (bicyclic) bond motifs is 1. The molecule has 134 valence electrons. The van der Waals surface area contributed by atoms with Gasteiger partial charge in [0.1, 0.15) is 5.75 Å². The highest BCUT2D eigenvalue weighted by Gasteiger charge is 2.28. The Hall–Kier alpha value is -3.16. The first-order chi connectivity index (χ1) is 12.7. The lowest BCUT2D eigenvalue weighted by Gasteiger charge is -2.23. The molecule has 1 atom stereocenters. The third-order valence-corrected chi connectivity index (χ3v) is 4.33. The fourth-order valence-electron chi connectivity index (χ4n) is 3.08. The lowest BCUT2D eigenvalue weighted by Crippen LogP contribution is -2.35. The van der Waals surface area contributed by atoms with Crippen LogP contribution in [0.2, 0.25) is 0 Å². The molecule has 8 nitrogen and oxygen atoms in total. The molecule has 4 heterocycles. The Labute approximate surface area is 150 Å². The molecular formula is C18H19N5O3. The van der Waals surface area contributed by atoms with E-state index in [0.29, 0.717) is 31.1 Å². The van der Waals surface area contributed by atoms with E-state index < -0.39 is 0 Å². The number of carbonyl (C=O) groups excluding carboxylic acids is 1. The highest BCUT2D eigenvalue weighted by atomic mass is 16.5. The zero-order chi connectivity index (χ0) is 17.9. The van der Waals surface area contributed by atoms with Gasteiger partial charge in [0.25, 0.3) is 5.91 Å². The molecule has 26 heavy (non-hydrogen) atoms. The van der Waals surface area contributed by atoms with Gasteiger partial charge in [0.2, 0.25) is 5.76 Å². The lowest BCUT2D eigenvalue weighted by atomic mass is 10.1. The Bertz CT molecular complexity index is 889. The van der Waals surface area contributed by atoms with Gasteiger partial charge in [0.15, 0.2) is 0 Å². The molecule has 0 radical (unpaired) electrons. The molecule has 0 aromatic carbocycles. The molecule has 1 aliphatic rings. The molecule has 3 aromatic heterocycles. The summed E-state index contributed by atoms with van der Waals surface area (Å²) in [6, 6.07) is 5.36. The van der Waals surface area contributed by atoms with Crippen LogP contribution in [0.4, 0.5) is 0 Å². The minimum absolute atomic E-state index is 0.110. The van der Waals surface area contributed by atoms with Gasteiger partial charge < -0.3 is 18.7 Å². The lowest BCUT2D eigenvalue weighted by molar-refractivity contribution is 0.0659. The van der Waals surface area contributed by atoms with Crippen molar-refractivity contribution in [3.05, 3.63) is 60.3 Å². The van der Waals surface area contributed by atoms with Crippen LogP contribution < -0.4 is 4.74 Å². The Morgan fingerprint density at radius 3 is 3.04 bits per heavy atom. The highest BCUT2D eigenvalue weighted by molar-refractivity contribution is 5.91. The van der Waals surface area contributed by atoms with Gasteiger partial charge in [-0.25, -0.2) is 4.98 Å². The van der Waals surface area contributed by atoms with Crippen molar-refractivity contribution in [1.82, 2.24) is 24.6 Å². The predicted molar refractivity (Wildman–Crippen MR) is 91.4 cm³/mol. The van der Waals surface area contributed by atoms with Crippen molar-refractivity contribution in [3.63, 3.8) is 0 Å². The van der Waals surface area contributed by atoms with Crippen LogP contribution in [0.3, 0.4) is 0 Å². The van der Waals surface area contributed by atoms with Crippen LogP contribution in [-0.4, -0.2) is 43.7 Å². The van der Waals surface area contributed by atoms with E-state index in [4.69, 9.17) is 9.26 Å². The topological polar surface area (TPSA) is 86.3 Å². The maximum absolute atomic E-state index is 12.8. The fourth-order valence-corrected chi connectivity index (χ4v) is 3.08. The van der Waals surface area contributed by atoms with Gasteiger partial charge >= 0.3 is 0 Å². The van der Waals surface area contributed by atoms with E-state index in [9.17, 15) is 4.79 Å². The first-order valence-electron chi connectivity index (χ1n) is 8.43.